The normalized spacial score (nSPS) is 20.8. The molecular formula is C26H33F3N4O4. The average molecular weight is 523 g/mol. The Morgan fingerprint density at radius 3 is 2.51 bits per heavy atom. The Morgan fingerprint density at radius 2 is 1.92 bits per heavy atom. The molecule has 1 heterocycles. The summed E-state index contributed by atoms with van der Waals surface area (Å²) in [6, 6.07) is 6.41. The minimum absolute atomic E-state index is 0.0461. The predicted molar refractivity (Wildman–Crippen MR) is 133 cm³/mol. The minimum atomic E-state index is -4.27. The van der Waals surface area contributed by atoms with E-state index in [9.17, 15) is 27.9 Å². The second-order valence-electron chi connectivity index (χ2n) is 10.3. The Hall–Kier alpha value is -3.24. The first-order chi connectivity index (χ1) is 17.5. The van der Waals surface area contributed by atoms with Crippen LogP contribution in [0.1, 0.15) is 69.1 Å². The molecule has 2 amide bonds. The van der Waals surface area contributed by atoms with Crippen LogP contribution in [-0.4, -0.2) is 41.0 Å². The molecule has 0 aliphatic heterocycles. The summed E-state index contributed by atoms with van der Waals surface area (Å²) in [5, 5.41) is 18.6. The van der Waals surface area contributed by atoms with Crippen molar-refractivity contribution in [1.29, 1.82) is 0 Å². The van der Waals surface area contributed by atoms with Crippen LogP contribution in [0.3, 0.4) is 0 Å². The SMILES string of the molecule is Cc1cc(NC(=O)Nc2cc([C@@H]3C[C@@H]3C(=O)O)ccc2N(CC(C)CC(F)(F)F)C2CCCCC2)no1. The van der Waals surface area contributed by atoms with Crippen molar-refractivity contribution in [3.05, 3.63) is 35.6 Å². The first kappa shape index (κ1) is 26.8. The number of nitrogens with zero attached hydrogens (tertiary/aromatic N) is 2. The van der Waals surface area contributed by atoms with E-state index in [1.807, 2.05) is 11.0 Å². The van der Waals surface area contributed by atoms with Gasteiger partial charge in [0, 0.05) is 25.1 Å². The average Bonchev–Trinajstić information content (AvgIpc) is 3.53. The van der Waals surface area contributed by atoms with Crippen LogP contribution in [0.2, 0.25) is 0 Å². The third-order valence-electron chi connectivity index (χ3n) is 7.09. The molecule has 2 saturated carbocycles. The predicted octanol–water partition coefficient (Wildman–Crippen LogP) is 6.54. The summed E-state index contributed by atoms with van der Waals surface area (Å²) >= 11 is 0. The van der Waals surface area contributed by atoms with Gasteiger partial charge in [-0.2, -0.15) is 13.2 Å². The van der Waals surface area contributed by atoms with Gasteiger partial charge in [0.15, 0.2) is 5.82 Å². The Bertz CT molecular complexity index is 1110. The molecule has 37 heavy (non-hydrogen) atoms. The van der Waals surface area contributed by atoms with Crippen molar-refractivity contribution in [2.24, 2.45) is 11.8 Å². The molecule has 0 saturated heterocycles. The Kier molecular flexibility index (Phi) is 7.99. The van der Waals surface area contributed by atoms with Crippen LogP contribution in [0.25, 0.3) is 0 Å². The van der Waals surface area contributed by atoms with Gasteiger partial charge in [0.25, 0.3) is 0 Å². The Balaban J connectivity index is 1.64. The number of halogens is 3. The van der Waals surface area contributed by atoms with Crippen molar-refractivity contribution in [3.63, 3.8) is 0 Å². The number of aryl methyl sites for hydroxylation is 1. The van der Waals surface area contributed by atoms with E-state index in [-0.39, 0.29) is 24.3 Å². The second kappa shape index (κ2) is 11.0. The molecule has 1 aromatic heterocycles. The molecule has 1 aromatic carbocycles. The van der Waals surface area contributed by atoms with Crippen LogP contribution in [0, 0.1) is 18.8 Å². The number of alkyl halides is 3. The number of hydrogen-bond donors (Lipinski definition) is 3. The fourth-order valence-electron chi connectivity index (χ4n) is 5.30. The highest BCUT2D eigenvalue weighted by atomic mass is 19.4. The Labute approximate surface area is 213 Å². The van der Waals surface area contributed by atoms with Crippen molar-refractivity contribution in [3.8, 4) is 0 Å². The van der Waals surface area contributed by atoms with Gasteiger partial charge < -0.3 is 19.8 Å². The maximum Gasteiger partial charge on any atom is 0.389 e. The van der Waals surface area contributed by atoms with Gasteiger partial charge >= 0.3 is 18.2 Å². The van der Waals surface area contributed by atoms with Gasteiger partial charge in [-0.3, -0.25) is 10.1 Å². The van der Waals surface area contributed by atoms with Crippen LogP contribution in [0.5, 0.6) is 0 Å². The molecule has 202 valence electrons. The van der Waals surface area contributed by atoms with E-state index in [1.54, 1.807) is 32.0 Å². The quantitative estimate of drug-likeness (QED) is 0.345. The van der Waals surface area contributed by atoms with Crippen LogP contribution < -0.4 is 15.5 Å². The van der Waals surface area contributed by atoms with E-state index in [0.29, 0.717) is 23.6 Å². The number of nitrogens with one attached hydrogen (secondary N) is 2. The van der Waals surface area contributed by atoms with E-state index < -0.39 is 36.4 Å². The summed E-state index contributed by atoms with van der Waals surface area (Å²) < 4.78 is 44.5. The van der Waals surface area contributed by atoms with Crippen molar-refractivity contribution in [2.45, 2.75) is 76.9 Å². The fourth-order valence-corrected chi connectivity index (χ4v) is 5.30. The monoisotopic (exact) mass is 522 g/mol. The lowest BCUT2D eigenvalue weighted by Crippen LogP contribution is -2.41. The lowest BCUT2D eigenvalue weighted by Gasteiger charge is -2.39. The molecule has 2 aliphatic carbocycles. The summed E-state index contributed by atoms with van der Waals surface area (Å²) in [6.07, 6.45) is 0.120. The summed E-state index contributed by atoms with van der Waals surface area (Å²) in [7, 11) is 0. The zero-order valence-electron chi connectivity index (χ0n) is 21.0. The number of carboxylic acids is 1. The standard InChI is InChI=1S/C26H33F3N4O4/c1-15(13-26(27,28)29)14-33(18-6-4-3-5-7-18)22-9-8-17(19-12-20(19)24(34)35)11-21(22)30-25(36)31-23-10-16(2)37-32-23/h8-11,15,18-20H,3-7,12-14H2,1-2H3,(H,34,35)(H2,30,31,32,36)/t15?,19-,20-/m0/s1. The molecule has 3 atom stereocenters. The zero-order valence-corrected chi connectivity index (χ0v) is 21.0. The largest absolute Gasteiger partial charge is 0.481 e. The highest BCUT2D eigenvalue weighted by Crippen LogP contribution is 2.49. The first-order valence-corrected chi connectivity index (χ1v) is 12.7. The number of carbonyl (C=O) groups excluding carboxylic acids is 1. The molecule has 2 aliphatic rings. The third kappa shape index (κ3) is 7.17. The van der Waals surface area contributed by atoms with E-state index >= 15 is 0 Å². The number of amides is 2. The molecule has 8 nitrogen and oxygen atoms in total. The molecule has 0 bridgehead atoms. The van der Waals surface area contributed by atoms with E-state index in [4.69, 9.17) is 4.52 Å². The van der Waals surface area contributed by atoms with Crippen molar-refractivity contribution in [1.82, 2.24) is 5.16 Å². The summed E-state index contributed by atoms with van der Waals surface area (Å²) in [5.41, 5.74) is 1.83. The van der Waals surface area contributed by atoms with Gasteiger partial charge in [-0.15, -0.1) is 0 Å². The number of rotatable bonds is 9. The fraction of sp³-hybridized carbons (Fsp3) is 0.577. The number of urea groups is 1. The first-order valence-electron chi connectivity index (χ1n) is 12.7. The number of benzene rings is 1. The molecule has 2 aromatic rings. The van der Waals surface area contributed by atoms with Crippen molar-refractivity contribution < 1.29 is 32.4 Å². The number of carbonyl (C=O) groups is 2. The van der Waals surface area contributed by atoms with Gasteiger partial charge in [0.1, 0.15) is 5.76 Å². The summed E-state index contributed by atoms with van der Waals surface area (Å²) in [5.74, 6) is -1.42. The van der Waals surface area contributed by atoms with Crippen LogP contribution in [-0.2, 0) is 4.79 Å². The summed E-state index contributed by atoms with van der Waals surface area (Å²) in [4.78, 5) is 26.3. The highest BCUT2D eigenvalue weighted by Gasteiger charge is 2.44. The Morgan fingerprint density at radius 1 is 1.19 bits per heavy atom. The third-order valence-corrected chi connectivity index (χ3v) is 7.09. The molecule has 1 unspecified atom stereocenters. The van der Waals surface area contributed by atoms with Gasteiger partial charge in [-0.25, -0.2) is 4.79 Å². The highest BCUT2D eigenvalue weighted by molar-refractivity contribution is 6.01. The molecular weight excluding hydrogens is 489 g/mol. The molecule has 0 radical (unpaired) electrons. The maximum atomic E-state index is 13.2. The van der Waals surface area contributed by atoms with E-state index in [0.717, 1.165) is 37.7 Å². The number of anilines is 3. The second-order valence-corrected chi connectivity index (χ2v) is 10.3. The van der Waals surface area contributed by atoms with Crippen molar-refractivity contribution in [2.75, 3.05) is 22.1 Å². The van der Waals surface area contributed by atoms with Gasteiger partial charge in [-0.1, -0.05) is 37.4 Å². The van der Waals surface area contributed by atoms with Crippen LogP contribution in [0.15, 0.2) is 28.8 Å². The smallest absolute Gasteiger partial charge is 0.389 e. The maximum absolute atomic E-state index is 13.2. The van der Waals surface area contributed by atoms with Gasteiger partial charge in [-0.05, 0) is 55.7 Å². The van der Waals surface area contributed by atoms with E-state index in [2.05, 4.69) is 15.8 Å². The van der Waals surface area contributed by atoms with Gasteiger partial charge in [0.2, 0.25) is 0 Å². The number of hydrogen-bond acceptors (Lipinski definition) is 5. The van der Waals surface area contributed by atoms with Crippen molar-refractivity contribution >= 4 is 29.2 Å². The lowest BCUT2D eigenvalue weighted by atomic mass is 9.92. The molecule has 0 spiro atoms. The number of aromatic nitrogens is 1. The lowest BCUT2D eigenvalue weighted by molar-refractivity contribution is -0.142. The number of aliphatic carboxylic acids is 1. The van der Waals surface area contributed by atoms with Gasteiger partial charge in [0.05, 0.1) is 17.3 Å². The van der Waals surface area contributed by atoms with E-state index in [1.165, 1.54) is 0 Å². The van der Waals surface area contributed by atoms with Crippen LogP contribution >= 0.6 is 0 Å². The minimum Gasteiger partial charge on any atom is -0.481 e. The number of carboxylic acid groups (broad SMARTS) is 1. The molecule has 2 fully saturated rings. The molecule has 4 rings (SSSR count). The van der Waals surface area contributed by atoms with Crippen LogP contribution in [0.4, 0.5) is 35.2 Å². The molecule has 3 N–H and O–H groups in total. The zero-order chi connectivity index (χ0) is 26.7. The molecule has 11 heteroatoms. The summed E-state index contributed by atoms with van der Waals surface area (Å²) in [6.45, 7) is 3.46. The topological polar surface area (TPSA) is 108 Å².